The second-order valence-corrected chi connectivity index (χ2v) is 6.44. The molecule has 0 unspecified atom stereocenters. The Morgan fingerprint density at radius 1 is 1.24 bits per heavy atom. The molecule has 1 aliphatic rings. The van der Waals surface area contributed by atoms with Crippen molar-refractivity contribution >= 4 is 10.2 Å². The first-order valence-electron chi connectivity index (χ1n) is 6.36. The first-order valence-corrected chi connectivity index (χ1v) is 7.80. The largest absolute Gasteiger partial charge is 0.373 e. The van der Waals surface area contributed by atoms with Gasteiger partial charge in [0.15, 0.2) is 0 Å². The van der Waals surface area contributed by atoms with Crippen molar-refractivity contribution in [1.82, 2.24) is 9.03 Å². The molecule has 0 amide bonds. The van der Waals surface area contributed by atoms with Gasteiger partial charge in [0.1, 0.15) is 0 Å². The van der Waals surface area contributed by atoms with Crippen LogP contribution in [0.2, 0.25) is 0 Å². The van der Waals surface area contributed by atoms with Crippen LogP contribution in [0.15, 0.2) is 0 Å². The van der Waals surface area contributed by atoms with E-state index in [1.54, 1.807) is 0 Å². The van der Waals surface area contributed by atoms with Crippen LogP contribution in [0, 0.1) is 0 Å². The van der Waals surface area contributed by atoms with Gasteiger partial charge in [0, 0.05) is 19.6 Å². The lowest BCUT2D eigenvalue weighted by molar-refractivity contribution is -0.0443. The Balaban J connectivity index is 2.45. The standard InChI is InChI=1S/C11H24N2O3S/c1-4-5-6-7-12-17(14,15)13-8-10(2)16-11(3)9-13/h10-12H,4-9H2,1-3H3/t10-,11-/m1/s1. The Hall–Kier alpha value is -0.170. The van der Waals surface area contributed by atoms with Crippen molar-refractivity contribution < 1.29 is 13.2 Å². The van der Waals surface area contributed by atoms with Crippen molar-refractivity contribution in [1.29, 1.82) is 0 Å². The van der Waals surface area contributed by atoms with Gasteiger partial charge in [0.25, 0.3) is 10.2 Å². The molecular formula is C11H24N2O3S. The van der Waals surface area contributed by atoms with Crippen molar-refractivity contribution in [3.05, 3.63) is 0 Å². The van der Waals surface area contributed by atoms with E-state index in [2.05, 4.69) is 11.6 Å². The molecule has 0 aromatic rings. The monoisotopic (exact) mass is 264 g/mol. The fraction of sp³-hybridized carbons (Fsp3) is 1.00. The maximum Gasteiger partial charge on any atom is 0.279 e. The summed E-state index contributed by atoms with van der Waals surface area (Å²) < 4.78 is 33.7. The number of nitrogens with one attached hydrogen (secondary N) is 1. The van der Waals surface area contributed by atoms with Gasteiger partial charge in [-0.3, -0.25) is 0 Å². The third-order valence-corrected chi connectivity index (χ3v) is 4.34. The van der Waals surface area contributed by atoms with E-state index < -0.39 is 10.2 Å². The molecule has 5 nitrogen and oxygen atoms in total. The minimum Gasteiger partial charge on any atom is -0.373 e. The molecule has 0 aromatic carbocycles. The highest BCUT2D eigenvalue weighted by Gasteiger charge is 2.30. The molecular weight excluding hydrogens is 240 g/mol. The lowest BCUT2D eigenvalue weighted by Gasteiger charge is -2.34. The molecule has 2 atom stereocenters. The second-order valence-electron chi connectivity index (χ2n) is 4.68. The smallest absolute Gasteiger partial charge is 0.279 e. The van der Waals surface area contributed by atoms with Crippen molar-refractivity contribution in [3.63, 3.8) is 0 Å². The SMILES string of the molecule is CCCCCNS(=O)(=O)N1C[C@@H](C)O[C@H](C)C1. The molecule has 1 aliphatic heterocycles. The first kappa shape index (κ1) is 14.9. The van der Waals surface area contributed by atoms with Gasteiger partial charge >= 0.3 is 0 Å². The van der Waals surface area contributed by atoms with Crippen LogP contribution < -0.4 is 4.72 Å². The summed E-state index contributed by atoms with van der Waals surface area (Å²) in [7, 11) is -3.33. The predicted molar refractivity (Wildman–Crippen MR) is 68.0 cm³/mol. The van der Waals surface area contributed by atoms with E-state index in [9.17, 15) is 8.42 Å². The molecule has 0 radical (unpaired) electrons. The lowest BCUT2D eigenvalue weighted by atomic mass is 10.3. The van der Waals surface area contributed by atoms with Crippen LogP contribution in [0.25, 0.3) is 0 Å². The van der Waals surface area contributed by atoms with Gasteiger partial charge in [0.05, 0.1) is 12.2 Å². The van der Waals surface area contributed by atoms with Crippen LogP contribution in [-0.4, -0.2) is 44.6 Å². The molecule has 6 heteroatoms. The highest BCUT2D eigenvalue weighted by Crippen LogP contribution is 2.13. The predicted octanol–water partition coefficient (Wildman–Crippen LogP) is 1.12. The highest BCUT2D eigenvalue weighted by atomic mass is 32.2. The Morgan fingerprint density at radius 2 is 1.82 bits per heavy atom. The minimum absolute atomic E-state index is 0.0361. The van der Waals surface area contributed by atoms with Gasteiger partial charge in [0.2, 0.25) is 0 Å². The van der Waals surface area contributed by atoms with E-state index in [4.69, 9.17) is 4.74 Å². The van der Waals surface area contributed by atoms with E-state index >= 15 is 0 Å². The average Bonchev–Trinajstić information content (AvgIpc) is 2.23. The summed E-state index contributed by atoms with van der Waals surface area (Å²) in [6.45, 7) is 7.29. The van der Waals surface area contributed by atoms with Crippen LogP contribution in [-0.2, 0) is 14.9 Å². The summed E-state index contributed by atoms with van der Waals surface area (Å²) >= 11 is 0. The Bertz CT molecular complexity index is 309. The zero-order valence-corrected chi connectivity index (χ0v) is 11.8. The van der Waals surface area contributed by atoms with E-state index in [1.165, 1.54) is 4.31 Å². The molecule has 1 fully saturated rings. The number of hydrogen-bond donors (Lipinski definition) is 1. The second kappa shape index (κ2) is 6.68. The molecule has 0 saturated carbocycles. The topological polar surface area (TPSA) is 58.6 Å². The van der Waals surface area contributed by atoms with Crippen molar-refractivity contribution in [2.45, 2.75) is 52.2 Å². The lowest BCUT2D eigenvalue weighted by Crippen LogP contribution is -2.52. The van der Waals surface area contributed by atoms with Crippen LogP contribution in [0.3, 0.4) is 0 Å². The Morgan fingerprint density at radius 3 is 2.35 bits per heavy atom. The summed E-state index contributed by atoms with van der Waals surface area (Å²) in [5.41, 5.74) is 0. The van der Waals surface area contributed by atoms with Gasteiger partial charge in [-0.2, -0.15) is 12.7 Å². The van der Waals surface area contributed by atoms with E-state index in [0.717, 1.165) is 19.3 Å². The van der Waals surface area contributed by atoms with Crippen molar-refractivity contribution in [2.24, 2.45) is 0 Å². The third kappa shape index (κ3) is 4.91. The molecule has 102 valence electrons. The minimum atomic E-state index is -3.33. The molecule has 0 aromatic heterocycles. The van der Waals surface area contributed by atoms with Crippen molar-refractivity contribution in [3.8, 4) is 0 Å². The average molecular weight is 264 g/mol. The number of nitrogens with zero attached hydrogens (tertiary/aromatic N) is 1. The van der Waals surface area contributed by atoms with Crippen LogP contribution in [0.4, 0.5) is 0 Å². The summed E-state index contributed by atoms with van der Waals surface area (Å²) in [5.74, 6) is 0. The zero-order valence-electron chi connectivity index (χ0n) is 11.0. The molecule has 0 bridgehead atoms. The van der Waals surface area contributed by atoms with Gasteiger partial charge in [-0.05, 0) is 20.3 Å². The molecule has 0 spiro atoms. The number of rotatable bonds is 6. The van der Waals surface area contributed by atoms with Gasteiger partial charge < -0.3 is 4.74 Å². The zero-order chi connectivity index (χ0) is 12.9. The highest BCUT2D eigenvalue weighted by molar-refractivity contribution is 7.87. The summed E-state index contributed by atoms with van der Waals surface area (Å²) in [4.78, 5) is 0. The molecule has 1 saturated heterocycles. The fourth-order valence-electron chi connectivity index (χ4n) is 1.99. The van der Waals surface area contributed by atoms with Gasteiger partial charge in [-0.1, -0.05) is 19.8 Å². The van der Waals surface area contributed by atoms with E-state index in [-0.39, 0.29) is 12.2 Å². The van der Waals surface area contributed by atoms with Crippen LogP contribution >= 0.6 is 0 Å². The molecule has 1 N–H and O–H groups in total. The maximum atomic E-state index is 12.0. The van der Waals surface area contributed by atoms with Crippen molar-refractivity contribution in [2.75, 3.05) is 19.6 Å². The van der Waals surface area contributed by atoms with E-state index in [0.29, 0.717) is 19.6 Å². The van der Waals surface area contributed by atoms with Gasteiger partial charge in [-0.15, -0.1) is 0 Å². The molecule has 1 heterocycles. The maximum absolute atomic E-state index is 12.0. The molecule has 17 heavy (non-hydrogen) atoms. The quantitative estimate of drug-likeness (QED) is 0.731. The number of ether oxygens (including phenoxy) is 1. The van der Waals surface area contributed by atoms with E-state index in [1.807, 2.05) is 13.8 Å². The number of unbranched alkanes of at least 4 members (excludes halogenated alkanes) is 2. The number of hydrogen-bond acceptors (Lipinski definition) is 3. The molecule has 1 rings (SSSR count). The normalized spacial score (nSPS) is 27.2. The van der Waals surface area contributed by atoms with Crippen LogP contribution in [0.1, 0.15) is 40.0 Å². The molecule has 0 aliphatic carbocycles. The third-order valence-electron chi connectivity index (χ3n) is 2.79. The fourth-order valence-corrected chi connectivity index (χ4v) is 3.39. The summed E-state index contributed by atoms with van der Waals surface area (Å²) in [5, 5.41) is 0. The summed E-state index contributed by atoms with van der Waals surface area (Å²) in [6, 6.07) is 0. The van der Waals surface area contributed by atoms with Crippen LogP contribution in [0.5, 0.6) is 0 Å². The Kier molecular flexibility index (Phi) is 5.85. The summed E-state index contributed by atoms with van der Waals surface area (Å²) in [6.07, 6.45) is 2.97. The van der Waals surface area contributed by atoms with Gasteiger partial charge in [-0.25, -0.2) is 4.72 Å². The Labute approximate surface area is 105 Å². The first-order chi connectivity index (χ1) is 7.95. The number of morpholine rings is 1.